The summed E-state index contributed by atoms with van der Waals surface area (Å²) >= 11 is 0. The average molecular weight is 738 g/mol. The minimum Gasteiger partial charge on any atom is -0.208 e. The van der Waals surface area contributed by atoms with Gasteiger partial charge in [0.05, 0.1) is 0 Å². The zero-order valence-electron chi connectivity index (χ0n) is 31.5. The highest BCUT2D eigenvalue weighted by molar-refractivity contribution is 6.30. The third-order valence-electron chi connectivity index (χ3n) is 11.3. The van der Waals surface area contributed by atoms with E-state index in [1.165, 1.54) is 54.0 Å². The van der Waals surface area contributed by atoms with Crippen molar-refractivity contribution in [3.05, 3.63) is 212 Å². The number of hydrogen-bond donors (Lipinski definition) is 0. The molecule has 58 heavy (non-hydrogen) atoms. The Kier molecular flexibility index (Phi) is 8.15. The van der Waals surface area contributed by atoms with Crippen molar-refractivity contribution in [1.29, 1.82) is 0 Å². The fourth-order valence-electron chi connectivity index (χ4n) is 8.56. The molecule has 0 N–H and O–H groups in total. The van der Waals surface area contributed by atoms with E-state index in [-0.39, 0.29) is 0 Å². The normalized spacial score (nSPS) is 11.4. The van der Waals surface area contributed by atoms with E-state index in [1.54, 1.807) is 0 Å². The topological polar surface area (TPSA) is 38.7 Å². The van der Waals surface area contributed by atoms with Gasteiger partial charge in [-0.05, 0) is 81.8 Å². The summed E-state index contributed by atoms with van der Waals surface area (Å²) in [6.45, 7) is 0. The van der Waals surface area contributed by atoms with Gasteiger partial charge in [0, 0.05) is 16.7 Å². The molecule has 10 aromatic carbocycles. The third kappa shape index (κ3) is 5.80. The first-order chi connectivity index (χ1) is 28.8. The van der Waals surface area contributed by atoms with Gasteiger partial charge < -0.3 is 0 Å². The highest BCUT2D eigenvalue weighted by Gasteiger charge is 2.16. The first-order valence-electron chi connectivity index (χ1n) is 19.7. The molecule has 0 saturated heterocycles. The highest BCUT2D eigenvalue weighted by Crippen LogP contribution is 2.40. The van der Waals surface area contributed by atoms with Crippen molar-refractivity contribution < 1.29 is 0 Å². The van der Waals surface area contributed by atoms with Gasteiger partial charge in [-0.25, -0.2) is 15.0 Å². The summed E-state index contributed by atoms with van der Waals surface area (Å²) < 4.78 is 0. The molecular formula is C55H35N3. The van der Waals surface area contributed by atoms with Crippen LogP contribution in [0.3, 0.4) is 0 Å². The van der Waals surface area contributed by atoms with Crippen LogP contribution in [0.15, 0.2) is 212 Å². The van der Waals surface area contributed by atoms with Gasteiger partial charge >= 0.3 is 0 Å². The van der Waals surface area contributed by atoms with Crippen molar-refractivity contribution >= 4 is 64.6 Å². The fourth-order valence-corrected chi connectivity index (χ4v) is 8.56. The molecular weight excluding hydrogens is 703 g/mol. The first-order valence-corrected chi connectivity index (χ1v) is 19.7. The zero-order valence-corrected chi connectivity index (χ0v) is 31.5. The van der Waals surface area contributed by atoms with Crippen molar-refractivity contribution in [2.24, 2.45) is 0 Å². The summed E-state index contributed by atoms with van der Waals surface area (Å²) in [5.41, 5.74) is 5.10. The number of benzene rings is 9. The molecule has 0 radical (unpaired) electrons. The average Bonchev–Trinajstić information content (AvgIpc) is 3.31. The molecule has 0 unspecified atom stereocenters. The van der Waals surface area contributed by atoms with E-state index in [4.69, 9.17) is 15.0 Å². The minimum atomic E-state index is 0.622. The molecule has 0 spiro atoms. The van der Waals surface area contributed by atoms with E-state index in [0.717, 1.165) is 38.4 Å². The van der Waals surface area contributed by atoms with Crippen LogP contribution >= 0.6 is 0 Å². The van der Waals surface area contributed by atoms with Crippen molar-refractivity contribution in [3.8, 4) is 45.3 Å². The smallest absolute Gasteiger partial charge is 0.164 e. The van der Waals surface area contributed by atoms with Crippen molar-refractivity contribution in [3.63, 3.8) is 0 Å². The maximum atomic E-state index is 5.22. The fraction of sp³-hybridized carbons (Fsp3) is 0. The minimum absolute atomic E-state index is 0.622. The molecule has 0 bridgehead atoms. The standard InChI is InChI=1S/C55H35N3/c1-3-15-36(16-4-1)37-27-29-40(30-28-37)54-56-53(39-18-5-2-6-19-39)57-55(58-54)41-32-33-48-46-24-12-10-22-44(46)43-21-9-11-23-45(43)47-25-13-14-26-49(47)52-42-20-8-7-17-38(42)31-34-50(52)51(48)35-41/h1-35H. The van der Waals surface area contributed by atoms with Gasteiger partial charge in [-0.3, -0.25) is 0 Å². The maximum absolute atomic E-state index is 5.22. The van der Waals surface area contributed by atoms with Crippen LogP contribution in [0.2, 0.25) is 0 Å². The Balaban J connectivity index is 1.25. The molecule has 1 aromatic heterocycles. The van der Waals surface area contributed by atoms with E-state index in [0.29, 0.717) is 17.5 Å². The van der Waals surface area contributed by atoms with Gasteiger partial charge in [0.2, 0.25) is 0 Å². The van der Waals surface area contributed by atoms with Crippen LogP contribution in [0.4, 0.5) is 0 Å². The molecule has 0 aliphatic rings. The highest BCUT2D eigenvalue weighted by atomic mass is 15.0. The predicted molar refractivity (Wildman–Crippen MR) is 244 cm³/mol. The Morgan fingerprint density at radius 2 is 0.552 bits per heavy atom. The van der Waals surface area contributed by atoms with Crippen LogP contribution in [0.25, 0.3) is 110 Å². The van der Waals surface area contributed by atoms with Crippen molar-refractivity contribution in [2.45, 2.75) is 0 Å². The lowest BCUT2D eigenvalue weighted by atomic mass is 9.91. The van der Waals surface area contributed by atoms with Gasteiger partial charge in [-0.1, -0.05) is 206 Å². The Hall–Kier alpha value is -7.75. The molecule has 1 heterocycles. The second kappa shape index (κ2) is 14.1. The van der Waals surface area contributed by atoms with Gasteiger partial charge in [-0.15, -0.1) is 0 Å². The monoisotopic (exact) mass is 737 g/mol. The van der Waals surface area contributed by atoms with E-state index in [2.05, 4.69) is 188 Å². The quantitative estimate of drug-likeness (QED) is 0.181. The first kappa shape index (κ1) is 33.6. The third-order valence-corrected chi connectivity index (χ3v) is 11.3. The SMILES string of the molecule is c1ccc(-c2ccc(-c3nc(-c4ccccc4)nc(-c4ccc5c6ccccc6c6ccccc6c6ccccc6c6c7ccccc7ccc6c5c4)n3)cc2)cc1. The van der Waals surface area contributed by atoms with Crippen LogP contribution in [0, 0.1) is 0 Å². The predicted octanol–water partition coefficient (Wildman–Crippen LogP) is 14.6. The lowest BCUT2D eigenvalue weighted by Crippen LogP contribution is -2.00. The van der Waals surface area contributed by atoms with Crippen molar-refractivity contribution in [1.82, 2.24) is 15.0 Å². The lowest BCUT2D eigenvalue weighted by Gasteiger charge is -2.13. The van der Waals surface area contributed by atoms with Gasteiger partial charge in [0.25, 0.3) is 0 Å². The van der Waals surface area contributed by atoms with Crippen LogP contribution in [-0.4, -0.2) is 15.0 Å². The number of hydrogen-bond acceptors (Lipinski definition) is 3. The Morgan fingerprint density at radius 3 is 1.14 bits per heavy atom. The molecule has 0 atom stereocenters. The number of aromatic nitrogens is 3. The molecule has 3 nitrogen and oxygen atoms in total. The second-order valence-corrected chi connectivity index (χ2v) is 14.7. The molecule has 0 aliphatic carbocycles. The largest absolute Gasteiger partial charge is 0.208 e. The molecule has 0 aliphatic heterocycles. The summed E-state index contributed by atoms with van der Waals surface area (Å²) in [4.78, 5) is 15.5. The molecule has 11 rings (SSSR count). The Bertz CT molecular complexity index is 3430. The van der Waals surface area contributed by atoms with E-state index in [9.17, 15) is 0 Å². The van der Waals surface area contributed by atoms with E-state index < -0.39 is 0 Å². The summed E-state index contributed by atoms with van der Waals surface area (Å²) in [6.07, 6.45) is 0. The number of fused-ring (bicyclic) bond motifs is 12. The van der Waals surface area contributed by atoms with Gasteiger partial charge in [-0.2, -0.15) is 0 Å². The van der Waals surface area contributed by atoms with E-state index in [1.807, 2.05) is 24.3 Å². The molecule has 0 amide bonds. The summed E-state index contributed by atoms with van der Waals surface area (Å²) in [6, 6.07) is 75.6. The van der Waals surface area contributed by atoms with Crippen LogP contribution in [0.1, 0.15) is 0 Å². The van der Waals surface area contributed by atoms with Gasteiger partial charge in [0.15, 0.2) is 17.5 Å². The summed E-state index contributed by atoms with van der Waals surface area (Å²) in [5.74, 6) is 1.89. The van der Waals surface area contributed by atoms with Crippen LogP contribution in [0.5, 0.6) is 0 Å². The zero-order chi connectivity index (χ0) is 38.4. The van der Waals surface area contributed by atoms with Crippen molar-refractivity contribution in [2.75, 3.05) is 0 Å². The summed E-state index contributed by atoms with van der Waals surface area (Å²) in [5, 5.41) is 14.2. The summed E-state index contributed by atoms with van der Waals surface area (Å²) in [7, 11) is 0. The Morgan fingerprint density at radius 1 is 0.207 bits per heavy atom. The second-order valence-electron chi connectivity index (χ2n) is 14.7. The van der Waals surface area contributed by atoms with Gasteiger partial charge in [0.1, 0.15) is 0 Å². The number of nitrogens with zero attached hydrogens (tertiary/aromatic N) is 3. The molecule has 0 fully saturated rings. The maximum Gasteiger partial charge on any atom is 0.164 e. The molecule has 270 valence electrons. The van der Waals surface area contributed by atoms with E-state index >= 15 is 0 Å². The molecule has 3 heteroatoms. The molecule has 11 aromatic rings. The molecule has 0 saturated carbocycles. The van der Waals surface area contributed by atoms with Crippen LogP contribution in [-0.2, 0) is 0 Å². The number of rotatable bonds is 4. The lowest BCUT2D eigenvalue weighted by molar-refractivity contribution is 1.07. The van der Waals surface area contributed by atoms with Crippen LogP contribution < -0.4 is 0 Å². The Labute approximate surface area is 335 Å².